The number of fused-ring (bicyclic) bond motifs is 1. The molecule has 5 rings (SSSR count). The highest BCUT2D eigenvalue weighted by molar-refractivity contribution is 9.10. The van der Waals surface area contributed by atoms with Crippen molar-refractivity contribution in [1.29, 1.82) is 0 Å². The van der Waals surface area contributed by atoms with Crippen LogP contribution in [0.4, 0.5) is 19.0 Å². The van der Waals surface area contributed by atoms with E-state index < -0.39 is 11.7 Å². The average Bonchev–Trinajstić information content (AvgIpc) is 3.46. The van der Waals surface area contributed by atoms with Crippen LogP contribution in [0.1, 0.15) is 23.3 Å². The highest BCUT2D eigenvalue weighted by Gasteiger charge is 2.30. The summed E-state index contributed by atoms with van der Waals surface area (Å²) in [6, 6.07) is 23.9. The second-order valence-corrected chi connectivity index (χ2v) is 10.0. The number of nitrogens with zero attached hydrogens (tertiary/aromatic N) is 3. The fraction of sp³-hybridized carbons (Fsp3) is 0.167. The quantitative estimate of drug-likeness (QED) is 0.189. The number of benzene rings is 3. The lowest BCUT2D eigenvalue weighted by molar-refractivity contribution is -0.137. The summed E-state index contributed by atoms with van der Waals surface area (Å²) >= 11 is 3.50. The molecule has 2 heterocycles. The zero-order valence-corrected chi connectivity index (χ0v) is 22.7. The molecule has 0 saturated carbocycles. The van der Waals surface area contributed by atoms with Crippen LogP contribution in [0.25, 0.3) is 22.3 Å². The normalized spacial score (nSPS) is 11.5. The van der Waals surface area contributed by atoms with Crippen molar-refractivity contribution in [3.8, 4) is 11.4 Å². The predicted molar refractivity (Wildman–Crippen MR) is 150 cm³/mol. The summed E-state index contributed by atoms with van der Waals surface area (Å²) in [5, 5.41) is 3.55. The summed E-state index contributed by atoms with van der Waals surface area (Å²) in [4.78, 5) is 24.4. The van der Waals surface area contributed by atoms with E-state index in [0.29, 0.717) is 29.5 Å². The molecule has 0 saturated heterocycles. The lowest BCUT2D eigenvalue weighted by Crippen LogP contribution is -2.31. The summed E-state index contributed by atoms with van der Waals surface area (Å²) in [5.74, 6) is 1.57. The topological polar surface area (TPSA) is 71.3 Å². The highest BCUT2D eigenvalue weighted by Crippen LogP contribution is 2.31. The minimum Gasteiger partial charge on any atom is -0.467 e. The van der Waals surface area contributed by atoms with E-state index in [0.717, 1.165) is 33.1 Å². The number of nitrogens with one attached hydrogen (secondary N) is 1. The van der Waals surface area contributed by atoms with Gasteiger partial charge in [-0.3, -0.25) is 4.79 Å². The van der Waals surface area contributed by atoms with E-state index in [9.17, 15) is 18.0 Å². The summed E-state index contributed by atoms with van der Waals surface area (Å²) in [6.07, 6.45) is -2.77. The number of carbonyl (C=O) groups excluding carboxylic acids is 1. The van der Waals surface area contributed by atoms with Crippen LogP contribution in [-0.2, 0) is 24.1 Å². The molecule has 0 aliphatic rings. The molecule has 0 atom stereocenters. The molecule has 6 nitrogen and oxygen atoms in total. The number of aromatic nitrogens is 2. The van der Waals surface area contributed by atoms with Gasteiger partial charge < -0.3 is 14.6 Å². The van der Waals surface area contributed by atoms with Crippen LogP contribution in [0.5, 0.6) is 0 Å². The zero-order chi connectivity index (χ0) is 28.1. The Labute approximate surface area is 237 Å². The van der Waals surface area contributed by atoms with Crippen LogP contribution in [0.15, 0.2) is 100 Å². The maximum Gasteiger partial charge on any atom is 0.416 e. The Morgan fingerprint density at radius 3 is 2.55 bits per heavy atom. The summed E-state index contributed by atoms with van der Waals surface area (Å²) in [7, 11) is 0. The monoisotopic (exact) mass is 608 g/mol. The first-order valence-electron chi connectivity index (χ1n) is 12.5. The molecule has 40 heavy (non-hydrogen) atoms. The fourth-order valence-electron chi connectivity index (χ4n) is 4.29. The first-order chi connectivity index (χ1) is 19.3. The van der Waals surface area contributed by atoms with Crippen LogP contribution in [-0.4, -0.2) is 22.4 Å². The van der Waals surface area contributed by atoms with Crippen molar-refractivity contribution in [2.45, 2.75) is 25.7 Å². The Morgan fingerprint density at radius 2 is 1.77 bits per heavy atom. The number of amides is 1. The van der Waals surface area contributed by atoms with Gasteiger partial charge in [-0.25, -0.2) is 9.97 Å². The molecule has 0 unspecified atom stereocenters. The maximum absolute atomic E-state index is 13.0. The number of halogens is 4. The number of hydrogen-bond donors (Lipinski definition) is 1. The molecular weight excluding hydrogens is 585 g/mol. The number of rotatable bonds is 9. The number of para-hydroxylation sites is 1. The number of anilines is 1. The van der Waals surface area contributed by atoms with E-state index in [2.05, 4.69) is 21.2 Å². The molecule has 0 bridgehead atoms. The first-order valence-corrected chi connectivity index (χ1v) is 13.3. The van der Waals surface area contributed by atoms with Crippen molar-refractivity contribution in [1.82, 2.24) is 15.3 Å². The molecule has 10 heteroatoms. The van der Waals surface area contributed by atoms with Gasteiger partial charge in [-0.2, -0.15) is 13.2 Å². The molecule has 1 N–H and O–H groups in total. The Hall–Kier alpha value is -4.18. The summed E-state index contributed by atoms with van der Waals surface area (Å²) in [5.41, 5.74) is 1.20. The molecule has 0 aliphatic heterocycles. The van der Waals surface area contributed by atoms with Crippen molar-refractivity contribution >= 4 is 38.6 Å². The van der Waals surface area contributed by atoms with E-state index in [1.165, 1.54) is 6.07 Å². The van der Waals surface area contributed by atoms with Gasteiger partial charge in [0.15, 0.2) is 5.82 Å². The maximum atomic E-state index is 13.0. The largest absolute Gasteiger partial charge is 0.467 e. The number of furan rings is 1. The number of alkyl halides is 3. The standard InChI is InChI=1S/C30H24BrF3N4O2/c31-23-9-4-7-21(17-23)28-36-26-12-2-1-11-25(26)29(37-28)38(19-24-10-5-15-40-24)14-13-27(39)35-18-20-6-3-8-22(16-20)30(32,33)34/h1-12,15-17H,13-14,18-19H2,(H,35,39). The van der Waals surface area contributed by atoms with Gasteiger partial charge in [-0.1, -0.05) is 52.3 Å². The Kier molecular flexibility index (Phi) is 8.16. The van der Waals surface area contributed by atoms with Crippen LogP contribution < -0.4 is 10.2 Å². The Balaban J connectivity index is 1.39. The zero-order valence-electron chi connectivity index (χ0n) is 21.2. The SMILES string of the molecule is O=C(CCN(Cc1ccco1)c1nc(-c2cccc(Br)c2)nc2ccccc12)NCc1cccc(C(F)(F)F)c1. The van der Waals surface area contributed by atoms with E-state index in [4.69, 9.17) is 14.4 Å². The van der Waals surface area contributed by atoms with Crippen LogP contribution in [0, 0.1) is 0 Å². The van der Waals surface area contributed by atoms with Crippen molar-refractivity contribution in [2.24, 2.45) is 0 Å². The average molecular weight is 609 g/mol. The predicted octanol–water partition coefficient (Wildman–Crippen LogP) is 7.38. The minimum absolute atomic E-state index is 0.00952. The molecule has 3 aromatic carbocycles. The van der Waals surface area contributed by atoms with E-state index >= 15 is 0 Å². The Bertz CT molecular complexity index is 1620. The second kappa shape index (κ2) is 11.9. The van der Waals surface area contributed by atoms with Crippen LogP contribution >= 0.6 is 15.9 Å². The molecule has 0 fully saturated rings. The lowest BCUT2D eigenvalue weighted by atomic mass is 10.1. The third-order valence-corrected chi connectivity index (χ3v) is 6.74. The summed E-state index contributed by atoms with van der Waals surface area (Å²) < 4.78 is 45.6. The van der Waals surface area contributed by atoms with Gasteiger partial charge in [0.05, 0.1) is 23.9 Å². The molecule has 0 radical (unpaired) electrons. The number of carbonyl (C=O) groups is 1. The van der Waals surface area contributed by atoms with Gasteiger partial charge in [0.2, 0.25) is 5.91 Å². The molecule has 0 aliphatic carbocycles. The number of hydrogen-bond acceptors (Lipinski definition) is 5. The minimum atomic E-state index is -4.44. The first kappa shape index (κ1) is 27.4. The van der Waals surface area contributed by atoms with Crippen LogP contribution in [0.3, 0.4) is 0 Å². The smallest absolute Gasteiger partial charge is 0.416 e. The van der Waals surface area contributed by atoms with Crippen molar-refractivity contribution in [3.05, 3.63) is 113 Å². The summed E-state index contributed by atoms with van der Waals surface area (Å²) in [6.45, 7) is 0.630. The third kappa shape index (κ3) is 6.69. The van der Waals surface area contributed by atoms with E-state index in [1.807, 2.05) is 59.5 Å². The van der Waals surface area contributed by atoms with Crippen molar-refractivity contribution < 1.29 is 22.4 Å². The molecule has 1 amide bonds. The van der Waals surface area contributed by atoms with E-state index in [-0.39, 0.29) is 25.4 Å². The molecule has 2 aromatic heterocycles. The van der Waals surface area contributed by atoms with Crippen LogP contribution in [0.2, 0.25) is 0 Å². The fourth-order valence-corrected chi connectivity index (χ4v) is 4.69. The van der Waals surface area contributed by atoms with Gasteiger partial charge in [-0.15, -0.1) is 0 Å². The van der Waals surface area contributed by atoms with Gasteiger partial charge in [-0.05, 0) is 54.1 Å². The Morgan fingerprint density at radius 1 is 0.950 bits per heavy atom. The lowest BCUT2D eigenvalue weighted by Gasteiger charge is -2.24. The van der Waals surface area contributed by atoms with Gasteiger partial charge >= 0.3 is 6.18 Å². The van der Waals surface area contributed by atoms with Crippen molar-refractivity contribution in [3.63, 3.8) is 0 Å². The molecule has 204 valence electrons. The van der Waals surface area contributed by atoms with Gasteiger partial charge in [0, 0.05) is 34.9 Å². The highest BCUT2D eigenvalue weighted by atomic mass is 79.9. The molecular formula is C30H24BrF3N4O2. The molecule has 0 spiro atoms. The van der Waals surface area contributed by atoms with Gasteiger partial charge in [0.1, 0.15) is 11.6 Å². The van der Waals surface area contributed by atoms with E-state index in [1.54, 1.807) is 18.4 Å². The van der Waals surface area contributed by atoms with Crippen molar-refractivity contribution in [2.75, 3.05) is 11.4 Å². The van der Waals surface area contributed by atoms with Gasteiger partial charge in [0.25, 0.3) is 0 Å². The third-order valence-electron chi connectivity index (χ3n) is 6.25. The second-order valence-electron chi connectivity index (χ2n) is 9.12. The molecule has 5 aromatic rings.